The largest absolute Gasteiger partial charge is 0.502 e. The summed E-state index contributed by atoms with van der Waals surface area (Å²) in [6.45, 7) is 6.67. The van der Waals surface area contributed by atoms with Crippen LogP contribution in [0.3, 0.4) is 0 Å². The van der Waals surface area contributed by atoms with Crippen molar-refractivity contribution in [3.05, 3.63) is 27.8 Å². The molecule has 1 aromatic rings. The molecule has 1 aliphatic rings. The molecule has 3 N–H and O–H groups in total. The molecule has 1 aliphatic heterocycles. The molecular formula is C17H26N2O6. The van der Waals surface area contributed by atoms with Gasteiger partial charge in [-0.2, -0.15) is 0 Å². The van der Waals surface area contributed by atoms with E-state index in [1.54, 1.807) is 0 Å². The lowest BCUT2D eigenvalue weighted by atomic mass is 10.1. The predicted octanol–water partition coefficient (Wildman–Crippen LogP) is 1.33. The van der Waals surface area contributed by atoms with Gasteiger partial charge in [-0.05, 0) is 33.6 Å². The van der Waals surface area contributed by atoms with Crippen LogP contribution in [-0.4, -0.2) is 45.9 Å². The Labute approximate surface area is 146 Å². The molecule has 140 valence electrons. The highest BCUT2D eigenvalue weighted by atomic mass is 16.6. The molecule has 1 fully saturated rings. The molecule has 8 heteroatoms. The van der Waals surface area contributed by atoms with Gasteiger partial charge in [0.05, 0.1) is 6.54 Å². The lowest BCUT2D eigenvalue weighted by Gasteiger charge is -2.32. The Morgan fingerprint density at radius 3 is 2.60 bits per heavy atom. The third-order valence-corrected chi connectivity index (χ3v) is 3.88. The average molecular weight is 354 g/mol. The van der Waals surface area contributed by atoms with Crippen LogP contribution in [0.2, 0.25) is 0 Å². The van der Waals surface area contributed by atoms with Gasteiger partial charge in [-0.25, -0.2) is 4.79 Å². The number of piperidine rings is 1. The Kier molecular flexibility index (Phi) is 6.07. The molecule has 0 radical (unpaired) electrons. The van der Waals surface area contributed by atoms with Gasteiger partial charge < -0.3 is 24.7 Å². The van der Waals surface area contributed by atoms with Crippen LogP contribution in [0, 0.1) is 0 Å². The first-order valence-corrected chi connectivity index (χ1v) is 8.35. The number of carbonyl (C=O) groups excluding carboxylic acids is 1. The van der Waals surface area contributed by atoms with Gasteiger partial charge in [-0.15, -0.1) is 0 Å². The summed E-state index contributed by atoms with van der Waals surface area (Å²) in [6, 6.07) is 1.10. The summed E-state index contributed by atoms with van der Waals surface area (Å²) in [4.78, 5) is 25.5. The SMILES string of the molecule is CC(C)(C)OC(=O)NC1CCN(Cc2oc(CO)cc(=O)c2O)CC1. The zero-order valence-corrected chi connectivity index (χ0v) is 14.9. The fourth-order valence-electron chi connectivity index (χ4n) is 2.69. The lowest BCUT2D eigenvalue weighted by Crippen LogP contribution is -2.45. The predicted molar refractivity (Wildman–Crippen MR) is 90.2 cm³/mol. The first kappa shape index (κ1) is 19.3. The number of hydrogen-bond donors (Lipinski definition) is 3. The minimum Gasteiger partial charge on any atom is -0.502 e. The molecule has 1 amide bonds. The first-order valence-electron chi connectivity index (χ1n) is 8.35. The maximum Gasteiger partial charge on any atom is 0.407 e. The molecule has 0 spiro atoms. The highest BCUT2D eigenvalue weighted by molar-refractivity contribution is 5.68. The molecule has 0 bridgehead atoms. The van der Waals surface area contributed by atoms with Crippen molar-refractivity contribution in [2.75, 3.05) is 13.1 Å². The van der Waals surface area contributed by atoms with Gasteiger partial charge in [-0.1, -0.05) is 0 Å². The quantitative estimate of drug-likeness (QED) is 0.747. The topological polar surface area (TPSA) is 112 Å². The molecule has 0 aliphatic carbocycles. The van der Waals surface area contributed by atoms with Crippen molar-refractivity contribution in [1.29, 1.82) is 0 Å². The molecule has 0 atom stereocenters. The van der Waals surface area contributed by atoms with E-state index in [-0.39, 0.29) is 24.1 Å². The van der Waals surface area contributed by atoms with Crippen molar-refractivity contribution in [3.8, 4) is 5.75 Å². The van der Waals surface area contributed by atoms with Crippen molar-refractivity contribution in [1.82, 2.24) is 10.2 Å². The second-order valence-electron chi connectivity index (χ2n) is 7.20. The molecule has 1 saturated heterocycles. The van der Waals surface area contributed by atoms with Gasteiger partial charge in [-0.3, -0.25) is 9.69 Å². The molecule has 8 nitrogen and oxygen atoms in total. The highest BCUT2D eigenvalue weighted by Crippen LogP contribution is 2.19. The number of carbonyl (C=O) groups is 1. The third-order valence-electron chi connectivity index (χ3n) is 3.88. The van der Waals surface area contributed by atoms with E-state index in [0.717, 1.165) is 18.9 Å². The summed E-state index contributed by atoms with van der Waals surface area (Å²) >= 11 is 0. The van der Waals surface area contributed by atoms with Crippen molar-refractivity contribution in [2.45, 2.75) is 58.4 Å². The van der Waals surface area contributed by atoms with Gasteiger partial charge in [0.15, 0.2) is 5.76 Å². The van der Waals surface area contributed by atoms with E-state index in [4.69, 9.17) is 14.3 Å². The van der Waals surface area contributed by atoms with Crippen LogP contribution in [0.4, 0.5) is 4.79 Å². The number of likely N-dealkylation sites (tertiary alicyclic amines) is 1. The van der Waals surface area contributed by atoms with Crippen LogP contribution >= 0.6 is 0 Å². The number of nitrogens with one attached hydrogen (secondary N) is 1. The molecule has 2 heterocycles. The number of ether oxygens (including phenoxy) is 1. The molecule has 25 heavy (non-hydrogen) atoms. The second kappa shape index (κ2) is 7.88. The van der Waals surface area contributed by atoms with Crippen LogP contribution in [-0.2, 0) is 17.9 Å². The van der Waals surface area contributed by atoms with E-state index < -0.39 is 29.5 Å². The van der Waals surface area contributed by atoms with Crippen molar-refractivity contribution < 1.29 is 24.2 Å². The van der Waals surface area contributed by atoms with Gasteiger partial charge >= 0.3 is 6.09 Å². The molecular weight excluding hydrogens is 328 g/mol. The minimum atomic E-state index is -0.563. The number of aromatic hydroxyl groups is 1. The van der Waals surface area contributed by atoms with Crippen LogP contribution in [0.5, 0.6) is 5.75 Å². The van der Waals surface area contributed by atoms with Gasteiger partial charge in [0.2, 0.25) is 11.2 Å². The summed E-state index contributed by atoms with van der Waals surface area (Å²) in [7, 11) is 0. The third kappa shape index (κ3) is 5.75. The maximum atomic E-state index is 11.8. The summed E-state index contributed by atoms with van der Waals surface area (Å²) in [6.07, 6.45) is 1.03. The smallest absolute Gasteiger partial charge is 0.407 e. The van der Waals surface area contributed by atoms with E-state index in [0.29, 0.717) is 13.1 Å². The van der Waals surface area contributed by atoms with Crippen LogP contribution in [0.1, 0.15) is 45.1 Å². The molecule has 0 unspecified atom stereocenters. The monoisotopic (exact) mass is 354 g/mol. The number of nitrogens with zero attached hydrogens (tertiary/aromatic N) is 1. The molecule has 0 saturated carbocycles. The van der Waals surface area contributed by atoms with Gasteiger partial charge in [0.1, 0.15) is 18.0 Å². The minimum absolute atomic E-state index is 0.0236. The van der Waals surface area contributed by atoms with Crippen LogP contribution < -0.4 is 10.7 Å². The summed E-state index contributed by atoms with van der Waals surface area (Å²) < 4.78 is 10.6. The fourth-order valence-corrected chi connectivity index (χ4v) is 2.69. The van der Waals surface area contributed by atoms with Gasteiger partial charge in [0, 0.05) is 25.2 Å². The summed E-state index contributed by atoms with van der Waals surface area (Å²) in [5.74, 6) is -0.152. The van der Waals surface area contributed by atoms with E-state index in [9.17, 15) is 14.7 Å². The number of aliphatic hydroxyl groups excluding tert-OH is 1. The Bertz CT molecular complexity index is 656. The molecule has 1 aromatic heterocycles. The normalized spacial score (nSPS) is 16.6. The van der Waals surface area contributed by atoms with E-state index >= 15 is 0 Å². The Balaban J connectivity index is 1.88. The maximum absolute atomic E-state index is 11.8. The Morgan fingerprint density at radius 2 is 2.04 bits per heavy atom. The highest BCUT2D eigenvalue weighted by Gasteiger charge is 2.25. The fraction of sp³-hybridized carbons (Fsp3) is 0.647. The Morgan fingerprint density at radius 1 is 1.40 bits per heavy atom. The van der Waals surface area contributed by atoms with E-state index in [1.165, 1.54) is 0 Å². The number of aliphatic hydroxyl groups is 1. The molecule has 2 rings (SSSR count). The van der Waals surface area contributed by atoms with Crippen molar-refractivity contribution in [2.24, 2.45) is 0 Å². The average Bonchev–Trinajstić information content (AvgIpc) is 2.51. The zero-order valence-electron chi connectivity index (χ0n) is 14.9. The summed E-state index contributed by atoms with van der Waals surface area (Å²) in [5.41, 5.74) is -1.09. The summed E-state index contributed by atoms with van der Waals surface area (Å²) in [5, 5.41) is 21.8. The lowest BCUT2D eigenvalue weighted by molar-refractivity contribution is 0.0475. The second-order valence-corrected chi connectivity index (χ2v) is 7.20. The van der Waals surface area contributed by atoms with Gasteiger partial charge in [0.25, 0.3) is 0 Å². The first-order chi connectivity index (χ1) is 11.7. The Hall–Kier alpha value is -2.06. The number of alkyl carbamates (subject to hydrolysis) is 1. The zero-order chi connectivity index (χ0) is 18.6. The van der Waals surface area contributed by atoms with Crippen LogP contribution in [0.15, 0.2) is 15.3 Å². The standard InChI is InChI=1S/C17H26N2O6/c1-17(2,3)25-16(23)18-11-4-6-19(7-5-11)9-14-15(22)13(21)8-12(10-20)24-14/h8,11,20,22H,4-7,9-10H2,1-3H3,(H,18,23). The number of hydrogen-bond acceptors (Lipinski definition) is 7. The number of rotatable bonds is 4. The van der Waals surface area contributed by atoms with E-state index in [1.807, 2.05) is 25.7 Å². The van der Waals surface area contributed by atoms with E-state index in [2.05, 4.69) is 5.32 Å². The molecule has 0 aromatic carbocycles. The van der Waals surface area contributed by atoms with Crippen molar-refractivity contribution in [3.63, 3.8) is 0 Å². The van der Waals surface area contributed by atoms with Crippen LogP contribution in [0.25, 0.3) is 0 Å². The van der Waals surface area contributed by atoms with Crippen molar-refractivity contribution >= 4 is 6.09 Å². The number of amides is 1.